The number of halogens is 2. The number of carboxylic acid groups (broad SMARTS) is 1. The number of carbonyl (C=O) groups is 1. The number of rotatable bonds is 3. The summed E-state index contributed by atoms with van der Waals surface area (Å²) in [6, 6.07) is 5.33. The minimum atomic E-state index is -0.829. The minimum absolute atomic E-state index is 0.0290. The van der Waals surface area contributed by atoms with Gasteiger partial charge in [0.05, 0.1) is 29.3 Å². The van der Waals surface area contributed by atoms with Crippen LogP contribution in [0.3, 0.4) is 0 Å². The highest BCUT2D eigenvalue weighted by Crippen LogP contribution is 2.28. The van der Waals surface area contributed by atoms with E-state index in [1.165, 1.54) is 0 Å². The second kappa shape index (κ2) is 5.89. The van der Waals surface area contributed by atoms with E-state index >= 15 is 0 Å². The first-order chi connectivity index (χ1) is 8.56. The Morgan fingerprint density at radius 2 is 2.22 bits per heavy atom. The van der Waals surface area contributed by atoms with Gasteiger partial charge in [-0.2, -0.15) is 0 Å². The van der Waals surface area contributed by atoms with Gasteiger partial charge >= 0.3 is 5.97 Å². The van der Waals surface area contributed by atoms with Crippen molar-refractivity contribution in [2.75, 3.05) is 26.2 Å². The predicted molar refractivity (Wildman–Crippen MR) is 69.2 cm³/mol. The van der Waals surface area contributed by atoms with Crippen LogP contribution in [0.25, 0.3) is 0 Å². The van der Waals surface area contributed by atoms with E-state index < -0.39 is 5.97 Å². The molecule has 0 aliphatic carbocycles. The summed E-state index contributed by atoms with van der Waals surface area (Å²) in [5.74, 6) is -0.829. The van der Waals surface area contributed by atoms with Gasteiger partial charge in [-0.3, -0.25) is 9.69 Å². The molecule has 1 N–H and O–H groups in total. The Labute approximate surface area is 115 Å². The van der Waals surface area contributed by atoms with Crippen LogP contribution in [-0.2, 0) is 9.53 Å². The second-order valence-corrected chi connectivity index (χ2v) is 4.98. The topological polar surface area (TPSA) is 49.8 Å². The Balaban J connectivity index is 2.08. The van der Waals surface area contributed by atoms with E-state index in [1.54, 1.807) is 12.1 Å². The molecule has 1 aromatic rings. The van der Waals surface area contributed by atoms with Crippen LogP contribution in [-0.4, -0.2) is 42.2 Å². The van der Waals surface area contributed by atoms with Gasteiger partial charge in [-0.05, 0) is 17.7 Å². The zero-order valence-corrected chi connectivity index (χ0v) is 11.1. The molecule has 1 unspecified atom stereocenters. The van der Waals surface area contributed by atoms with E-state index in [-0.39, 0.29) is 12.6 Å². The van der Waals surface area contributed by atoms with Crippen LogP contribution in [0.1, 0.15) is 11.7 Å². The number of nitrogens with zero attached hydrogens (tertiary/aromatic N) is 1. The van der Waals surface area contributed by atoms with Gasteiger partial charge in [0.2, 0.25) is 0 Å². The van der Waals surface area contributed by atoms with E-state index in [2.05, 4.69) is 0 Å². The second-order valence-electron chi connectivity index (χ2n) is 4.16. The van der Waals surface area contributed by atoms with Gasteiger partial charge in [-0.1, -0.05) is 29.3 Å². The van der Waals surface area contributed by atoms with Crippen molar-refractivity contribution < 1.29 is 14.6 Å². The van der Waals surface area contributed by atoms with Crippen molar-refractivity contribution in [3.63, 3.8) is 0 Å². The van der Waals surface area contributed by atoms with Crippen molar-refractivity contribution in [2.24, 2.45) is 0 Å². The van der Waals surface area contributed by atoms with E-state index in [0.29, 0.717) is 29.7 Å². The van der Waals surface area contributed by atoms with Crippen LogP contribution in [0.4, 0.5) is 0 Å². The molecule has 98 valence electrons. The van der Waals surface area contributed by atoms with Crippen molar-refractivity contribution in [3.05, 3.63) is 33.8 Å². The number of hydrogen-bond acceptors (Lipinski definition) is 3. The minimum Gasteiger partial charge on any atom is -0.480 e. The first kappa shape index (κ1) is 13.6. The summed E-state index contributed by atoms with van der Waals surface area (Å²) in [4.78, 5) is 12.5. The SMILES string of the molecule is O=C(O)CN1CCOC(c2ccc(Cl)c(Cl)c2)C1. The first-order valence-electron chi connectivity index (χ1n) is 5.57. The van der Waals surface area contributed by atoms with Gasteiger partial charge in [-0.25, -0.2) is 0 Å². The van der Waals surface area contributed by atoms with Crippen LogP contribution in [0.15, 0.2) is 18.2 Å². The summed E-state index contributed by atoms with van der Waals surface area (Å²) in [6.45, 7) is 1.72. The monoisotopic (exact) mass is 289 g/mol. The van der Waals surface area contributed by atoms with Crippen molar-refractivity contribution in [3.8, 4) is 0 Å². The third-order valence-electron chi connectivity index (χ3n) is 2.82. The highest BCUT2D eigenvalue weighted by molar-refractivity contribution is 6.42. The Morgan fingerprint density at radius 3 is 2.89 bits per heavy atom. The smallest absolute Gasteiger partial charge is 0.317 e. The average molecular weight is 290 g/mol. The average Bonchev–Trinajstić information content (AvgIpc) is 2.32. The predicted octanol–water partition coefficient (Wildman–Crippen LogP) is 2.45. The first-order valence-corrected chi connectivity index (χ1v) is 6.32. The summed E-state index contributed by atoms with van der Waals surface area (Å²) in [7, 11) is 0. The molecular weight excluding hydrogens is 277 g/mol. The molecule has 1 fully saturated rings. The lowest BCUT2D eigenvalue weighted by Gasteiger charge is -2.32. The molecule has 0 saturated carbocycles. The molecule has 0 bridgehead atoms. The Morgan fingerprint density at radius 1 is 1.44 bits per heavy atom. The molecule has 1 aliphatic rings. The fourth-order valence-corrected chi connectivity index (χ4v) is 2.26. The molecule has 0 spiro atoms. The maximum Gasteiger partial charge on any atom is 0.317 e. The summed E-state index contributed by atoms with van der Waals surface area (Å²) in [6.07, 6.45) is -0.159. The molecule has 4 nitrogen and oxygen atoms in total. The van der Waals surface area contributed by atoms with E-state index in [4.69, 9.17) is 33.0 Å². The Hall–Kier alpha value is -0.810. The molecular formula is C12H13Cl2NO3. The van der Waals surface area contributed by atoms with Gasteiger partial charge < -0.3 is 9.84 Å². The quantitative estimate of drug-likeness (QED) is 0.929. The van der Waals surface area contributed by atoms with Crippen molar-refractivity contribution >= 4 is 29.2 Å². The molecule has 1 saturated heterocycles. The molecule has 0 radical (unpaired) electrons. The molecule has 1 heterocycles. The highest BCUT2D eigenvalue weighted by atomic mass is 35.5. The Bertz CT molecular complexity index is 453. The van der Waals surface area contributed by atoms with Crippen molar-refractivity contribution in [2.45, 2.75) is 6.10 Å². The van der Waals surface area contributed by atoms with Gasteiger partial charge in [0.15, 0.2) is 0 Å². The number of carboxylic acids is 1. The lowest BCUT2D eigenvalue weighted by atomic mass is 10.1. The Kier molecular flexibility index (Phi) is 4.45. The molecule has 0 amide bonds. The van der Waals surface area contributed by atoms with E-state index in [9.17, 15) is 4.79 Å². The number of hydrogen-bond donors (Lipinski definition) is 1. The third-order valence-corrected chi connectivity index (χ3v) is 3.56. The number of morpholine rings is 1. The molecule has 2 rings (SSSR count). The zero-order valence-electron chi connectivity index (χ0n) is 9.60. The number of benzene rings is 1. The van der Waals surface area contributed by atoms with Gasteiger partial charge in [0.25, 0.3) is 0 Å². The third kappa shape index (κ3) is 3.36. The van der Waals surface area contributed by atoms with E-state index in [0.717, 1.165) is 5.56 Å². The van der Waals surface area contributed by atoms with E-state index in [1.807, 2.05) is 11.0 Å². The van der Waals surface area contributed by atoms with Gasteiger partial charge in [0.1, 0.15) is 0 Å². The van der Waals surface area contributed by atoms with Crippen LogP contribution in [0.5, 0.6) is 0 Å². The van der Waals surface area contributed by atoms with Crippen LogP contribution in [0.2, 0.25) is 10.0 Å². The normalized spacial score (nSPS) is 20.9. The summed E-state index contributed by atoms with van der Waals surface area (Å²) < 4.78 is 5.63. The lowest BCUT2D eigenvalue weighted by Crippen LogP contribution is -2.41. The maximum absolute atomic E-state index is 10.7. The maximum atomic E-state index is 10.7. The van der Waals surface area contributed by atoms with Crippen LogP contribution >= 0.6 is 23.2 Å². The summed E-state index contributed by atoms with van der Waals surface area (Å²) >= 11 is 11.8. The van der Waals surface area contributed by atoms with Crippen LogP contribution < -0.4 is 0 Å². The molecule has 6 heteroatoms. The van der Waals surface area contributed by atoms with Crippen molar-refractivity contribution in [1.29, 1.82) is 0 Å². The molecule has 1 atom stereocenters. The van der Waals surface area contributed by atoms with Gasteiger partial charge in [0, 0.05) is 13.1 Å². The summed E-state index contributed by atoms with van der Waals surface area (Å²) in [5.41, 5.74) is 0.916. The van der Waals surface area contributed by atoms with Crippen molar-refractivity contribution in [1.82, 2.24) is 4.90 Å². The van der Waals surface area contributed by atoms with Gasteiger partial charge in [-0.15, -0.1) is 0 Å². The molecule has 0 aromatic heterocycles. The number of ether oxygens (including phenoxy) is 1. The fourth-order valence-electron chi connectivity index (χ4n) is 1.95. The number of aliphatic carboxylic acids is 1. The lowest BCUT2D eigenvalue weighted by molar-refractivity contribution is -0.140. The van der Waals surface area contributed by atoms with Crippen LogP contribution in [0, 0.1) is 0 Å². The molecule has 1 aromatic carbocycles. The standard InChI is InChI=1S/C12H13Cl2NO3/c13-9-2-1-8(5-10(9)14)11-6-15(3-4-18-11)7-12(16)17/h1-2,5,11H,3-4,6-7H2,(H,16,17). The summed E-state index contributed by atoms with van der Waals surface area (Å²) in [5, 5.41) is 9.76. The zero-order chi connectivity index (χ0) is 13.1. The molecule has 18 heavy (non-hydrogen) atoms. The largest absolute Gasteiger partial charge is 0.480 e. The fraction of sp³-hybridized carbons (Fsp3) is 0.417. The molecule has 1 aliphatic heterocycles. The highest BCUT2D eigenvalue weighted by Gasteiger charge is 2.23.